The Morgan fingerprint density at radius 2 is 1.95 bits per heavy atom. The first-order chi connectivity index (χ1) is 9.71. The fourth-order valence-electron chi connectivity index (χ4n) is 2.28. The van der Waals surface area contributed by atoms with Gasteiger partial charge in [0.25, 0.3) is 0 Å². The highest BCUT2D eigenvalue weighted by molar-refractivity contribution is 5.44. The Labute approximate surface area is 127 Å². The fraction of sp³-hybridized carbons (Fsp3) is 0.647. The number of rotatable bonds is 4. The summed E-state index contributed by atoms with van der Waals surface area (Å²) in [5.41, 5.74) is 1.30. The molecule has 0 aromatic heterocycles. The van der Waals surface area contributed by atoms with Crippen molar-refractivity contribution in [2.45, 2.75) is 51.9 Å². The molecule has 1 unspecified atom stereocenters. The van der Waals surface area contributed by atoms with Crippen molar-refractivity contribution in [3.8, 4) is 11.5 Å². The molecular weight excluding hydrogens is 268 g/mol. The summed E-state index contributed by atoms with van der Waals surface area (Å²) in [6.07, 6.45) is -0.0491. The topological polar surface area (TPSA) is 36.9 Å². The van der Waals surface area contributed by atoms with Crippen molar-refractivity contribution < 1.29 is 18.9 Å². The van der Waals surface area contributed by atoms with Gasteiger partial charge in [-0.05, 0) is 37.0 Å². The van der Waals surface area contributed by atoms with Gasteiger partial charge in [-0.15, -0.1) is 0 Å². The lowest BCUT2D eigenvalue weighted by molar-refractivity contribution is -0.141. The predicted molar refractivity (Wildman–Crippen MR) is 82.1 cm³/mol. The monoisotopic (exact) mass is 294 g/mol. The summed E-state index contributed by atoms with van der Waals surface area (Å²) in [5, 5.41) is 0. The van der Waals surface area contributed by atoms with E-state index >= 15 is 0 Å². The van der Waals surface area contributed by atoms with Crippen LogP contribution in [-0.4, -0.2) is 32.2 Å². The molecule has 21 heavy (non-hydrogen) atoms. The third-order valence-electron chi connectivity index (χ3n) is 3.52. The highest BCUT2D eigenvalue weighted by Gasteiger charge is 2.33. The minimum atomic E-state index is -0.520. The molecule has 0 spiro atoms. The number of methoxy groups -OCH3 is 1. The molecule has 1 atom stereocenters. The minimum Gasteiger partial charge on any atom is -0.493 e. The van der Waals surface area contributed by atoms with E-state index in [0.717, 1.165) is 11.5 Å². The van der Waals surface area contributed by atoms with Gasteiger partial charge in [-0.1, -0.05) is 26.8 Å². The molecule has 1 fully saturated rings. The maximum Gasteiger partial charge on any atom is 0.163 e. The van der Waals surface area contributed by atoms with Crippen LogP contribution >= 0.6 is 0 Å². The summed E-state index contributed by atoms with van der Waals surface area (Å²) in [7, 11) is 1.66. The predicted octanol–water partition coefficient (Wildman–Crippen LogP) is 3.52. The Morgan fingerprint density at radius 1 is 1.24 bits per heavy atom. The van der Waals surface area contributed by atoms with Gasteiger partial charge >= 0.3 is 0 Å². The van der Waals surface area contributed by atoms with Crippen molar-refractivity contribution >= 4 is 0 Å². The van der Waals surface area contributed by atoms with E-state index < -0.39 is 5.79 Å². The van der Waals surface area contributed by atoms with Gasteiger partial charge < -0.3 is 18.9 Å². The molecule has 2 rings (SSSR count). The van der Waals surface area contributed by atoms with E-state index in [-0.39, 0.29) is 11.5 Å². The second kappa shape index (κ2) is 5.85. The number of ether oxygens (including phenoxy) is 4. The van der Waals surface area contributed by atoms with Crippen molar-refractivity contribution in [1.82, 2.24) is 0 Å². The van der Waals surface area contributed by atoms with Gasteiger partial charge in [0.05, 0.1) is 13.7 Å². The Balaban J connectivity index is 2.03. The van der Waals surface area contributed by atoms with Gasteiger partial charge in [0.2, 0.25) is 0 Å². The molecule has 1 aromatic carbocycles. The third kappa shape index (κ3) is 4.11. The van der Waals surface area contributed by atoms with Crippen molar-refractivity contribution in [1.29, 1.82) is 0 Å². The standard InChI is InChI=1S/C17H26O4/c1-16(2,3)12-7-8-14(15(9-12)18-6)19-10-13-11-20-17(4,5)21-13/h7-9,13H,10-11H2,1-6H3. The van der Waals surface area contributed by atoms with Crippen LogP contribution in [-0.2, 0) is 14.9 Å². The summed E-state index contributed by atoms with van der Waals surface area (Å²) in [6, 6.07) is 6.07. The third-order valence-corrected chi connectivity index (χ3v) is 3.52. The first-order valence-electron chi connectivity index (χ1n) is 7.34. The quantitative estimate of drug-likeness (QED) is 0.851. The maximum atomic E-state index is 5.84. The lowest BCUT2D eigenvalue weighted by atomic mass is 9.87. The lowest BCUT2D eigenvalue weighted by Gasteiger charge is -2.21. The minimum absolute atomic E-state index is 0.0491. The van der Waals surface area contributed by atoms with Crippen LogP contribution in [0.5, 0.6) is 11.5 Å². The largest absolute Gasteiger partial charge is 0.493 e. The second-order valence-electron chi connectivity index (χ2n) is 6.88. The Morgan fingerprint density at radius 3 is 2.48 bits per heavy atom. The highest BCUT2D eigenvalue weighted by atomic mass is 16.7. The van der Waals surface area contributed by atoms with E-state index in [0.29, 0.717) is 13.2 Å². The molecule has 118 valence electrons. The molecule has 4 heteroatoms. The van der Waals surface area contributed by atoms with Crippen LogP contribution in [0.4, 0.5) is 0 Å². The van der Waals surface area contributed by atoms with E-state index in [1.54, 1.807) is 7.11 Å². The van der Waals surface area contributed by atoms with Gasteiger partial charge in [-0.3, -0.25) is 0 Å². The second-order valence-corrected chi connectivity index (χ2v) is 6.88. The zero-order chi connectivity index (χ0) is 15.7. The zero-order valence-corrected chi connectivity index (χ0v) is 13.9. The molecule has 0 bridgehead atoms. The van der Waals surface area contributed by atoms with E-state index in [1.807, 2.05) is 26.0 Å². The van der Waals surface area contributed by atoms with Crippen molar-refractivity contribution in [3.63, 3.8) is 0 Å². The van der Waals surface area contributed by atoms with Crippen LogP contribution in [0.2, 0.25) is 0 Å². The van der Waals surface area contributed by atoms with Crippen LogP contribution in [0.15, 0.2) is 18.2 Å². The molecule has 0 N–H and O–H groups in total. The van der Waals surface area contributed by atoms with Crippen molar-refractivity contribution in [2.75, 3.05) is 20.3 Å². The van der Waals surface area contributed by atoms with Crippen molar-refractivity contribution in [3.05, 3.63) is 23.8 Å². The van der Waals surface area contributed by atoms with Crippen LogP contribution in [0.3, 0.4) is 0 Å². The molecule has 1 aliphatic rings. The van der Waals surface area contributed by atoms with Gasteiger partial charge in [0.15, 0.2) is 17.3 Å². The highest BCUT2D eigenvalue weighted by Crippen LogP contribution is 2.33. The fourth-order valence-corrected chi connectivity index (χ4v) is 2.28. The van der Waals surface area contributed by atoms with Crippen molar-refractivity contribution in [2.24, 2.45) is 0 Å². The summed E-state index contributed by atoms with van der Waals surface area (Å²) in [6.45, 7) is 11.3. The molecule has 0 amide bonds. The molecule has 1 heterocycles. The normalized spacial score (nSPS) is 21.3. The molecule has 0 aliphatic carbocycles. The molecule has 1 saturated heterocycles. The van der Waals surface area contributed by atoms with Gasteiger partial charge in [0, 0.05) is 0 Å². The van der Waals surface area contributed by atoms with Gasteiger partial charge in [0.1, 0.15) is 12.7 Å². The molecule has 4 nitrogen and oxygen atoms in total. The molecular formula is C17H26O4. The summed E-state index contributed by atoms with van der Waals surface area (Å²) in [5.74, 6) is 0.966. The molecule has 0 radical (unpaired) electrons. The van der Waals surface area contributed by atoms with E-state index in [2.05, 4.69) is 26.8 Å². The number of hydrogen-bond donors (Lipinski definition) is 0. The molecule has 1 aliphatic heterocycles. The van der Waals surface area contributed by atoms with E-state index in [1.165, 1.54) is 5.56 Å². The summed E-state index contributed by atoms with van der Waals surface area (Å²) >= 11 is 0. The Hall–Kier alpha value is -1.26. The SMILES string of the molecule is COc1cc(C(C)(C)C)ccc1OCC1COC(C)(C)O1. The van der Waals surface area contributed by atoms with Crippen LogP contribution in [0, 0.1) is 0 Å². The number of hydrogen-bond acceptors (Lipinski definition) is 4. The first kappa shape index (κ1) is 16.1. The smallest absolute Gasteiger partial charge is 0.163 e. The average Bonchev–Trinajstić information content (AvgIpc) is 2.74. The van der Waals surface area contributed by atoms with Crippen LogP contribution in [0.25, 0.3) is 0 Å². The molecule has 0 saturated carbocycles. The van der Waals surface area contributed by atoms with E-state index in [4.69, 9.17) is 18.9 Å². The average molecular weight is 294 g/mol. The molecule has 1 aromatic rings. The lowest BCUT2D eigenvalue weighted by Crippen LogP contribution is -2.25. The van der Waals surface area contributed by atoms with Crippen LogP contribution < -0.4 is 9.47 Å². The summed E-state index contributed by atoms with van der Waals surface area (Å²) in [4.78, 5) is 0. The van der Waals surface area contributed by atoms with Gasteiger partial charge in [-0.25, -0.2) is 0 Å². The Kier molecular flexibility index (Phi) is 4.49. The van der Waals surface area contributed by atoms with Crippen LogP contribution in [0.1, 0.15) is 40.2 Å². The summed E-state index contributed by atoms with van der Waals surface area (Å²) < 4.78 is 22.5. The Bertz CT molecular complexity index is 488. The van der Waals surface area contributed by atoms with E-state index in [9.17, 15) is 0 Å². The maximum absolute atomic E-state index is 5.84. The number of benzene rings is 1. The van der Waals surface area contributed by atoms with Gasteiger partial charge in [-0.2, -0.15) is 0 Å². The first-order valence-corrected chi connectivity index (χ1v) is 7.34. The zero-order valence-electron chi connectivity index (χ0n) is 13.9.